The standard InChI is InChI=1S/C16H14ClN3O3S/c1-11-6-7-12(17)8-13(11)19-16(21)9-20-10-18-24(22,23)15-5-3-2-4-14(15)20/h2-8,10H,9H2,1H3,(H,19,21). The molecule has 1 heterocycles. The molecular weight excluding hydrogens is 350 g/mol. The van der Waals surface area contributed by atoms with Crippen LogP contribution in [0.25, 0.3) is 0 Å². The molecule has 8 heteroatoms. The third-order valence-electron chi connectivity index (χ3n) is 3.57. The van der Waals surface area contributed by atoms with Crippen molar-refractivity contribution in [3.05, 3.63) is 53.1 Å². The van der Waals surface area contributed by atoms with E-state index in [1.807, 2.05) is 13.0 Å². The molecular formula is C16H14ClN3O3S. The van der Waals surface area contributed by atoms with Crippen molar-refractivity contribution in [2.45, 2.75) is 11.8 Å². The van der Waals surface area contributed by atoms with E-state index in [0.717, 1.165) is 11.9 Å². The maximum absolute atomic E-state index is 12.3. The summed E-state index contributed by atoms with van der Waals surface area (Å²) in [5.41, 5.74) is 1.91. The molecule has 0 atom stereocenters. The molecule has 0 aromatic heterocycles. The molecule has 6 nitrogen and oxygen atoms in total. The number of nitrogens with one attached hydrogen (secondary N) is 1. The molecule has 124 valence electrons. The number of aryl methyl sites for hydroxylation is 1. The fraction of sp³-hybridized carbons (Fsp3) is 0.125. The second-order valence-electron chi connectivity index (χ2n) is 5.30. The van der Waals surface area contributed by atoms with Gasteiger partial charge in [0.15, 0.2) is 0 Å². The maximum Gasteiger partial charge on any atom is 0.285 e. The number of hydrogen-bond donors (Lipinski definition) is 1. The van der Waals surface area contributed by atoms with Gasteiger partial charge in [0.25, 0.3) is 10.0 Å². The van der Waals surface area contributed by atoms with E-state index in [9.17, 15) is 13.2 Å². The predicted octanol–water partition coefficient (Wildman–Crippen LogP) is 2.82. The summed E-state index contributed by atoms with van der Waals surface area (Å²) in [7, 11) is -3.70. The highest BCUT2D eigenvalue weighted by Crippen LogP contribution is 2.29. The molecule has 1 N–H and O–H groups in total. The Hall–Kier alpha value is -2.38. The number of carbonyl (C=O) groups excluding carboxylic acids is 1. The van der Waals surface area contributed by atoms with Crippen LogP contribution in [0.1, 0.15) is 5.56 Å². The van der Waals surface area contributed by atoms with Crippen molar-refractivity contribution in [1.29, 1.82) is 0 Å². The van der Waals surface area contributed by atoms with E-state index in [1.165, 1.54) is 11.0 Å². The minimum Gasteiger partial charge on any atom is -0.324 e. The van der Waals surface area contributed by atoms with Crippen LogP contribution in [0.4, 0.5) is 11.4 Å². The average molecular weight is 364 g/mol. The van der Waals surface area contributed by atoms with Crippen LogP contribution in [0.15, 0.2) is 51.8 Å². The van der Waals surface area contributed by atoms with Crippen LogP contribution in [-0.2, 0) is 14.8 Å². The number of sulfonamides is 1. The second kappa shape index (κ2) is 6.26. The maximum atomic E-state index is 12.3. The Balaban J connectivity index is 1.82. The monoisotopic (exact) mass is 363 g/mol. The van der Waals surface area contributed by atoms with Crippen LogP contribution in [0.3, 0.4) is 0 Å². The number of nitrogens with zero attached hydrogens (tertiary/aromatic N) is 2. The average Bonchev–Trinajstić information content (AvgIpc) is 2.54. The SMILES string of the molecule is Cc1ccc(Cl)cc1NC(=O)CN1C=NS(=O)(=O)c2ccccc21. The molecule has 0 radical (unpaired) electrons. The summed E-state index contributed by atoms with van der Waals surface area (Å²) in [5, 5.41) is 3.29. The molecule has 0 bridgehead atoms. The van der Waals surface area contributed by atoms with Gasteiger partial charge < -0.3 is 10.2 Å². The van der Waals surface area contributed by atoms with Crippen molar-refractivity contribution >= 4 is 45.2 Å². The lowest BCUT2D eigenvalue weighted by molar-refractivity contribution is -0.114. The zero-order valence-electron chi connectivity index (χ0n) is 12.7. The minimum absolute atomic E-state index is 0.0675. The van der Waals surface area contributed by atoms with E-state index in [1.54, 1.807) is 30.3 Å². The normalized spacial score (nSPS) is 15.0. The first kappa shape index (κ1) is 16.5. The largest absolute Gasteiger partial charge is 0.324 e. The summed E-state index contributed by atoms with van der Waals surface area (Å²) in [6.07, 6.45) is 1.15. The van der Waals surface area contributed by atoms with Gasteiger partial charge in [-0.25, -0.2) is 0 Å². The number of halogens is 1. The van der Waals surface area contributed by atoms with Crippen molar-refractivity contribution in [2.75, 3.05) is 16.8 Å². The Morgan fingerprint density at radius 1 is 1.25 bits per heavy atom. The molecule has 0 spiro atoms. The first-order chi connectivity index (χ1) is 11.4. The lowest BCUT2D eigenvalue weighted by Gasteiger charge is -2.24. The van der Waals surface area contributed by atoms with E-state index in [4.69, 9.17) is 11.6 Å². The van der Waals surface area contributed by atoms with Gasteiger partial charge in [0, 0.05) is 10.7 Å². The Labute approximate surface area is 144 Å². The number of fused-ring (bicyclic) bond motifs is 1. The van der Waals surface area contributed by atoms with E-state index in [0.29, 0.717) is 16.4 Å². The summed E-state index contributed by atoms with van der Waals surface area (Å²) < 4.78 is 27.4. The third kappa shape index (κ3) is 3.27. The van der Waals surface area contributed by atoms with Crippen LogP contribution in [0.5, 0.6) is 0 Å². The number of carbonyl (C=O) groups is 1. The number of benzene rings is 2. The van der Waals surface area contributed by atoms with E-state index in [2.05, 4.69) is 9.71 Å². The van der Waals surface area contributed by atoms with Crippen molar-refractivity contribution < 1.29 is 13.2 Å². The van der Waals surface area contributed by atoms with Crippen molar-refractivity contribution in [2.24, 2.45) is 4.40 Å². The molecule has 0 aliphatic carbocycles. The van der Waals surface area contributed by atoms with E-state index in [-0.39, 0.29) is 17.3 Å². The fourth-order valence-electron chi connectivity index (χ4n) is 2.35. The number of hydrogen-bond acceptors (Lipinski definition) is 4. The van der Waals surface area contributed by atoms with Crippen molar-refractivity contribution in [1.82, 2.24) is 0 Å². The van der Waals surface area contributed by atoms with E-state index >= 15 is 0 Å². The summed E-state index contributed by atoms with van der Waals surface area (Å²) in [5.74, 6) is -0.305. The van der Waals surface area contributed by atoms with Gasteiger partial charge >= 0.3 is 0 Å². The molecule has 0 saturated carbocycles. The number of anilines is 2. The van der Waals surface area contributed by atoms with Gasteiger partial charge in [-0.15, -0.1) is 4.40 Å². The highest BCUT2D eigenvalue weighted by molar-refractivity contribution is 7.90. The lowest BCUT2D eigenvalue weighted by Crippen LogP contribution is -2.35. The predicted molar refractivity (Wildman–Crippen MR) is 94.3 cm³/mol. The molecule has 0 unspecified atom stereocenters. The number of amides is 1. The van der Waals surface area contributed by atoms with Crippen LogP contribution in [-0.4, -0.2) is 27.2 Å². The molecule has 2 aromatic carbocycles. The van der Waals surface area contributed by atoms with Crippen LogP contribution < -0.4 is 10.2 Å². The smallest absolute Gasteiger partial charge is 0.285 e. The molecule has 0 fully saturated rings. The summed E-state index contributed by atoms with van der Waals surface area (Å²) in [6.45, 7) is 1.79. The zero-order valence-corrected chi connectivity index (χ0v) is 14.3. The topological polar surface area (TPSA) is 78.8 Å². The molecule has 3 rings (SSSR count). The first-order valence-corrected chi connectivity index (χ1v) is 8.91. The van der Waals surface area contributed by atoms with Crippen molar-refractivity contribution in [3.8, 4) is 0 Å². The Kier molecular flexibility index (Phi) is 4.29. The van der Waals surface area contributed by atoms with Gasteiger partial charge in [-0.05, 0) is 36.8 Å². The van der Waals surface area contributed by atoms with Gasteiger partial charge in [-0.2, -0.15) is 8.42 Å². The Bertz CT molecular complexity index is 941. The molecule has 0 saturated heterocycles. The number of para-hydroxylation sites is 1. The van der Waals surface area contributed by atoms with Crippen LogP contribution in [0, 0.1) is 6.92 Å². The summed E-state index contributed by atoms with van der Waals surface area (Å²) in [6, 6.07) is 11.6. The zero-order chi connectivity index (χ0) is 17.3. The fourth-order valence-corrected chi connectivity index (χ4v) is 3.57. The number of rotatable bonds is 3. The van der Waals surface area contributed by atoms with Gasteiger partial charge in [0.2, 0.25) is 5.91 Å². The first-order valence-electron chi connectivity index (χ1n) is 7.09. The van der Waals surface area contributed by atoms with Gasteiger partial charge in [-0.3, -0.25) is 4.79 Å². The van der Waals surface area contributed by atoms with E-state index < -0.39 is 10.0 Å². The molecule has 2 aromatic rings. The minimum atomic E-state index is -3.70. The van der Waals surface area contributed by atoms with Crippen LogP contribution in [0.2, 0.25) is 5.02 Å². The third-order valence-corrected chi connectivity index (χ3v) is 5.07. The highest BCUT2D eigenvalue weighted by Gasteiger charge is 2.25. The summed E-state index contributed by atoms with van der Waals surface area (Å²) in [4.78, 5) is 13.9. The van der Waals surface area contributed by atoms with Gasteiger partial charge in [0.05, 0.1) is 5.69 Å². The molecule has 1 aliphatic rings. The highest BCUT2D eigenvalue weighted by atomic mass is 35.5. The Morgan fingerprint density at radius 2 is 2.00 bits per heavy atom. The van der Waals surface area contributed by atoms with Gasteiger partial charge in [-0.1, -0.05) is 29.8 Å². The Morgan fingerprint density at radius 3 is 2.79 bits per heavy atom. The summed E-state index contributed by atoms with van der Waals surface area (Å²) >= 11 is 5.94. The van der Waals surface area contributed by atoms with Crippen molar-refractivity contribution in [3.63, 3.8) is 0 Å². The quantitative estimate of drug-likeness (QED) is 0.909. The van der Waals surface area contributed by atoms with Gasteiger partial charge in [0.1, 0.15) is 17.8 Å². The van der Waals surface area contributed by atoms with Crippen LogP contribution >= 0.6 is 11.6 Å². The second-order valence-corrected chi connectivity index (χ2v) is 7.34. The molecule has 24 heavy (non-hydrogen) atoms. The lowest BCUT2D eigenvalue weighted by atomic mass is 10.2. The molecule has 1 amide bonds. The molecule has 1 aliphatic heterocycles.